The molecule has 0 unspecified atom stereocenters. The van der Waals surface area contributed by atoms with Gasteiger partial charge >= 0.3 is 0 Å². The van der Waals surface area contributed by atoms with Gasteiger partial charge in [-0.1, -0.05) is 36.4 Å². The van der Waals surface area contributed by atoms with Crippen molar-refractivity contribution in [1.29, 1.82) is 0 Å². The minimum absolute atomic E-state index is 0.127. The number of aryl methyl sites for hydroxylation is 1. The van der Waals surface area contributed by atoms with Gasteiger partial charge in [0, 0.05) is 42.6 Å². The first-order chi connectivity index (χ1) is 19.4. The summed E-state index contributed by atoms with van der Waals surface area (Å²) >= 11 is 0. The van der Waals surface area contributed by atoms with Crippen LogP contribution in [0.4, 0.5) is 0 Å². The number of hydrogen-bond acceptors (Lipinski definition) is 6. The second-order valence-corrected chi connectivity index (χ2v) is 9.59. The highest BCUT2D eigenvalue weighted by atomic mass is 16.5. The number of rotatable bonds is 10. The Morgan fingerprint density at radius 1 is 0.850 bits per heavy atom. The smallest absolute Gasteiger partial charge is 0.276 e. The van der Waals surface area contributed by atoms with Crippen LogP contribution in [0.2, 0.25) is 0 Å². The number of aldehydes is 1. The molecule has 0 saturated heterocycles. The first-order valence-electron chi connectivity index (χ1n) is 12.9. The lowest BCUT2D eigenvalue weighted by atomic mass is 9.96. The summed E-state index contributed by atoms with van der Waals surface area (Å²) in [5.41, 5.74) is 6.05. The number of hydrogen-bond donors (Lipinski definition) is 0. The van der Waals surface area contributed by atoms with Crippen LogP contribution in [-0.2, 0) is 31.2 Å². The molecule has 0 saturated carbocycles. The maximum atomic E-state index is 13.3. The zero-order valence-electron chi connectivity index (χ0n) is 23.0. The summed E-state index contributed by atoms with van der Waals surface area (Å²) in [5.74, 6) is 2.13. The Balaban J connectivity index is 1.56. The Morgan fingerprint density at radius 3 is 2.08 bits per heavy atom. The highest BCUT2D eigenvalue weighted by Crippen LogP contribution is 2.38. The monoisotopic (exact) mass is 537 g/mol. The summed E-state index contributed by atoms with van der Waals surface area (Å²) in [6.45, 7) is 0.448. The molecule has 0 spiro atoms. The van der Waals surface area contributed by atoms with Crippen LogP contribution < -0.4 is 19.8 Å². The van der Waals surface area contributed by atoms with Crippen molar-refractivity contribution in [1.82, 2.24) is 14.3 Å². The lowest BCUT2D eigenvalue weighted by Crippen LogP contribution is -2.20. The summed E-state index contributed by atoms with van der Waals surface area (Å²) < 4.78 is 20.2. The molecule has 0 aliphatic rings. The van der Waals surface area contributed by atoms with Crippen LogP contribution in [0.25, 0.3) is 22.0 Å². The predicted octanol–water partition coefficient (Wildman–Crippen LogP) is 4.81. The Bertz CT molecular complexity index is 1690. The first-order valence-corrected chi connectivity index (χ1v) is 12.9. The molecule has 0 fully saturated rings. The van der Waals surface area contributed by atoms with Crippen LogP contribution in [0.5, 0.6) is 17.2 Å². The third kappa shape index (κ3) is 5.20. The van der Waals surface area contributed by atoms with Crippen molar-refractivity contribution in [3.05, 3.63) is 106 Å². The highest BCUT2D eigenvalue weighted by Gasteiger charge is 2.19. The molecule has 3 aromatic carbocycles. The van der Waals surface area contributed by atoms with Crippen molar-refractivity contribution in [3.63, 3.8) is 0 Å². The molecule has 0 aliphatic heterocycles. The van der Waals surface area contributed by atoms with Crippen LogP contribution in [0, 0.1) is 0 Å². The van der Waals surface area contributed by atoms with Gasteiger partial charge < -0.3 is 23.6 Å². The van der Waals surface area contributed by atoms with Gasteiger partial charge in [0.15, 0.2) is 0 Å². The van der Waals surface area contributed by atoms with E-state index in [1.165, 1.54) is 0 Å². The van der Waals surface area contributed by atoms with Crippen LogP contribution in [0.3, 0.4) is 0 Å². The molecule has 0 aliphatic carbocycles. The number of pyridine rings is 1. The lowest BCUT2D eigenvalue weighted by Gasteiger charge is -2.17. The van der Waals surface area contributed by atoms with E-state index in [4.69, 9.17) is 14.2 Å². The summed E-state index contributed by atoms with van der Waals surface area (Å²) in [6, 6.07) is 19.6. The van der Waals surface area contributed by atoms with Crippen molar-refractivity contribution in [3.8, 4) is 28.4 Å². The molecule has 8 nitrogen and oxygen atoms in total. The number of carbonyl (C=O) groups is 1. The Kier molecular flexibility index (Phi) is 7.68. The average molecular weight is 538 g/mol. The van der Waals surface area contributed by atoms with Gasteiger partial charge in [-0.05, 0) is 46.5 Å². The molecule has 0 amide bonds. The fourth-order valence-electron chi connectivity index (χ4n) is 4.96. The minimum atomic E-state index is -0.127. The minimum Gasteiger partial charge on any atom is -0.497 e. The zero-order valence-corrected chi connectivity index (χ0v) is 23.0. The number of fused-ring (bicyclic) bond motifs is 1. The SMILES string of the molecule is COc1ccc(Cn2ncc3c(-c4cc(OC)c(Cc5ccc(CC=O)cc5)c(OC)c4)cn(C)c(=O)c32)cc1. The van der Waals surface area contributed by atoms with Gasteiger partial charge in [-0.2, -0.15) is 5.10 Å². The van der Waals surface area contributed by atoms with Crippen LogP contribution in [0.15, 0.2) is 77.9 Å². The summed E-state index contributed by atoms with van der Waals surface area (Å²) in [4.78, 5) is 24.1. The van der Waals surface area contributed by atoms with E-state index < -0.39 is 0 Å². The maximum absolute atomic E-state index is 13.3. The Hall–Kier alpha value is -4.85. The second kappa shape index (κ2) is 11.5. The van der Waals surface area contributed by atoms with Crippen molar-refractivity contribution < 1.29 is 19.0 Å². The van der Waals surface area contributed by atoms with E-state index in [-0.39, 0.29) is 5.56 Å². The molecule has 2 heterocycles. The van der Waals surface area contributed by atoms with E-state index in [9.17, 15) is 9.59 Å². The third-order valence-corrected chi connectivity index (χ3v) is 7.11. The molecular weight excluding hydrogens is 506 g/mol. The van der Waals surface area contributed by atoms with Crippen LogP contribution in [0.1, 0.15) is 22.3 Å². The summed E-state index contributed by atoms with van der Waals surface area (Å²) in [7, 11) is 6.65. The Morgan fingerprint density at radius 2 is 1.48 bits per heavy atom. The summed E-state index contributed by atoms with van der Waals surface area (Å²) in [6.07, 6.45) is 5.45. The largest absolute Gasteiger partial charge is 0.497 e. The van der Waals surface area contributed by atoms with Crippen molar-refractivity contribution >= 4 is 17.2 Å². The number of carbonyl (C=O) groups excluding carboxylic acids is 1. The number of nitrogens with zero attached hydrogens (tertiary/aromatic N) is 3. The molecule has 2 aromatic heterocycles. The molecule has 40 heavy (non-hydrogen) atoms. The highest BCUT2D eigenvalue weighted by molar-refractivity contribution is 5.94. The van der Waals surface area contributed by atoms with E-state index in [2.05, 4.69) is 5.10 Å². The van der Waals surface area contributed by atoms with E-state index in [1.54, 1.807) is 43.8 Å². The van der Waals surface area contributed by atoms with Gasteiger partial charge in [0.25, 0.3) is 5.56 Å². The second-order valence-electron chi connectivity index (χ2n) is 9.59. The molecule has 0 atom stereocenters. The van der Waals surface area contributed by atoms with E-state index >= 15 is 0 Å². The van der Waals surface area contributed by atoms with Gasteiger partial charge in [0.1, 0.15) is 29.1 Å². The van der Waals surface area contributed by atoms with Crippen LogP contribution >= 0.6 is 0 Å². The van der Waals surface area contributed by atoms with Crippen molar-refractivity contribution in [2.24, 2.45) is 7.05 Å². The number of benzene rings is 3. The van der Waals surface area contributed by atoms with Gasteiger partial charge in [0.05, 0.1) is 34.1 Å². The molecule has 5 rings (SSSR count). The lowest BCUT2D eigenvalue weighted by molar-refractivity contribution is -0.107. The Labute approximate surface area is 232 Å². The topological polar surface area (TPSA) is 84.6 Å². The fourth-order valence-corrected chi connectivity index (χ4v) is 4.96. The molecule has 5 aromatic rings. The molecule has 204 valence electrons. The standard InChI is InChI=1S/C32H31N3O5/c1-34-20-28(27-18-33-35(31(27)32(34)37)19-23-9-11-25(38-2)12-10-23)24-16-29(39-3)26(30(17-24)40-4)15-22-7-5-21(6-8-22)13-14-36/h5-12,14,16-18,20H,13,15,19H2,1-4H3. The van der Waals surface area contributed by atoms with Crippen molar-refractivity contribution in [2.75, 3.05) is 21.3 Å². The molecular formula is C32H31N3O5. The number of methoxy groups -OCH3 is 3. The third-order valence-electron chi connectivity index (χ3n) is 7.11. The van der Waals surface area contributed by atoms with E-state index in [1.807, 2.05) is 66.9 Å². The molecule has 0 N–H and O–H groups in total. The molecule has 0 radical (unpaired) electrons. The quantitative estimate of drug-likeness (QED) is 0.238. The fraction of sp³-hybridized carbons (Fsp3) is 0.219. The van der Waals surface area contributed by atoms with Gasteiger partial charge in [0.2, 0.25) is 0 Å². The van der Waals surface area contributed by atoms with E-state index in [0.29, 0.717) is 36.4 Å². The number of ether oxygens (including phenoxy) is 3. The van der Waals surface area contributed by atoms with Crippen LogP contribution in [-0.4, -0.2) is 42.0 Å². The first kappa shape index (κ1) is 26.7. The van der Waals surface area contributed by atoms with E-state index in [0.717, 1.165) is 50.8 Å². The van der Waals surface area contributed by atoms with Gasteiger partial charge in [-0.3, -0.25) is 9.48 Å². The normalized spacial score (nSPS) is 11.0. The predicted molar refractivity (Wildman–Crippen MR) is 155 cm³/mol. The summed E-state index contributed by atoms with van der Waals surface area (Å²) in [5, 5.41) is 5.34. The number of aromatic nitrogens is 3. The van der Waals surface area contributed by atoms with Gasteiger partial charge in [-0.25, -0.2) is 0 Å². The zero-order chi connectivity index (χ0) is 28.2. The van der Waals surface area contributed by atoms with Gasteiger partial charge in [-0.15, -0.1) is 0 Å². The molecule has 8 heteroatoms. The average Bonchev–Trinajstić information content (AvgIpc) is 3.40. The maximum Gasteiger partial charge on any atom is 0.276 e. The molecule has 0 bridgehead atoms. The van der Waals surface area contributed by atoms with Crippen molar-refractivity contribution in [2.45, 2.75) is 19.4 Å².